The van der Waals surface area contributed by atoms with Gasteiger partial charge in [-0.05, 0) is 32.8 Å². The fraction of sp³-hybridized carbons (Fsp3) is 0.444. The normalized spacial score (nSPS) is 11.1. The zero-order valence-corrected chi connectivity index (χ0v) is 17.5. The summed E-state index contributed by atoms with van der Waals surface area (Å²) in [6.45, 7) is 7.82. The third-order valence-corrected chi connectivity index (χ3v) is 4.14. The molecular weight excluding hydrogens is 413 g/mol. The lowest BCUT2D eigenvalue weighted by Crippen LogP contribution is -2.38. The lowest BCUT2D eigenvalue weighted by Gasteiger charge is -2.12. The third-order valence-electron chi connectivity index (χ3n) is 4.14. The Morgan fingerprint density at radius 3 is 2.33 bits per heavy atom. The largest absolute Gasteiger partial charge is 0.356 e. The van der Waals surface area contributed by atoms with E-state index in [1.165, 1.54) is 22.4 Å². The van der Waals surface area contributed by atoms with E-state index in [0.29, 0.717) is 0 Å². The SMILES string of the molecule is CN=C(NCCc1ccc(C)cc1)NCc1c(C)nn(C)c1C.I. The molecule has 0 bridgehead atoms. The number of benzene rings is 1. The molecule has 1 aromatic carbocycles. The van der Waals surface area contributed by atoms with Gasteiger partial charge in [-0.25, -0.2) is 0 Å². The summed E-state index contributed by atoms with van der Waals surface area (Å²) in [5.41, 5.74) is 6.10. The van der Waals surface area contributed by atoms with E-state index in [4.69, 9.17) is 0 Å². The smallest absolute Gasteiger partial charge is 0.191 e. The Kier molecular flexibility index (Phi) is 8.24. The van der Waals surface area contributed by atoms with Crippen LogP contribution in [0.5, 0.6) is 0 Å². The molecule has 0 saturated carbocycles. The van der Waals surface area contributed by atoms with Gasteiger partial charge in [-0.1, -0.05) is 29.8 Å². The second-order valence-corrected chi connectivity index (χ2v) is 5.86. The molecule has 0 radical (unpaired) electrons. The standard InChI is InChI=1S/C18H27N5.HI/c1-13-6-8-16(9-7-13)10-11-20-18(19-4)21-12-17-14(2)22-23(5)15(17)3;/h6-9H,10-12H2,1-5H3,(H2,19,20,21);1H. The van der Waals surface area contributed by atoms with Crippen molar-refractivity contribution in [2.75, 3.05) is 13.6 Å². The highest BCUT2D eigenvalue weighted by molar-refractivity contribution is 14.0. The third kappa shape index (κ3) is 5.51. The van der Waals surface area contributed by atoms with Crippen molar-refractivity contribution in [3.63, 3.8) is 0 Å². The van der Waals surface area contributed by atoms with Gasteiger partial charge in [0.05, 0.1) is 5.69 Å². The fourth-order valence-corrected chi connectivity index (χ4v) is 2.55. The minimum atomic E-state index is 0. The average Bonchev–Trinajstić information content (AvgIpc) is 2.78. The number of hydrogen-bond donors (Lipinski definition) is 2. The molecule has 0 fully saturated rings. The summed E-state index contributed by atoms with van der Waals surface area (Å²) >= 11 is 0. The molecule has 2 N–H and O–H groups in total. The maximum Gasteiger partial charge on any atom is 0.191 e. The van der Waals surface area contributed by atoms with Gasteiger partial charge in [0.15, 0.2) is 5.96 Å². The Morgan fingerprint density at radius 1 is 1.12 bits per heavy atom. The maximum absolute atomic E-state index is 4.44. The Hall–Kier alpha value is -1.57. The Labute approximate surface area is 162 Å². The summed E-state index contributed by atoms with van der Waals surface area (Å²) in [5.74, 6) is 0.819. The number of aromatic nitrogens is 2. The lowest BCUT2D eigenvalue weighted by atomic mass is 10.1. The summed E-state index contributed by atoms with van der Waals surface area (Å²) in [7, 11) is 3.77. The first kappa shape index (κ1) is 20.5. The molecule has 0 atom stereocenters. The molecule has 6 heteroatoms. The molecule has 1 aromatic heterocycles. The van der Waals surface area contributed by atoms with Crippen LogP contribution in [0.1, 0.15) is 28.1 Å². The van der Waals surface area contributed by atoms with Gasteiger partial charge in [0.2, 0.25) is 0 Å². The van der Waals surface area contributed by atoms with E-state index in [2.05, 4.69) is 58.8 Å². The first-order valence-corrected chi connectivity index (χ1v) is 8.00. The molecule has 132 valence electrons. The molecule has 0 amide bonds. The zero-order valence-electron chi connectivity index (χ0n) is 15.2. The molecule has 0 aliphatic carbocycles. The second kappa shape index (κ2) is 9.66. The van der Waals surface area contributed by atoms with Crippen LogP contribution in [0.2, 0.25) is 0 Å². The van der Waals surface area contributed by atoms with Crippen molar-refractivity contribution in [1.82, 2.24) is 20.4 Å². The first-order chi connectivity index (χ1) is 11.0. The van der Waals surface area contributed by atoms with Crippen molar-refractivity contribution in [3.05, 3.63) is 52.3 Å². The van der Waals surface area contributed by atoms with Crippen molar-refractivity contribution in [1.29, 1.82) is 0 Å². The quantitative estimate of drug-likeness (QED) is 0.426. The van der Waals surface area contributed by atoms with Gasteiger partial charge >= 0.3 is 0 Å². The summed E-state index contributed by atoms with van der Waals surface area (Å²) in [5, 5.41) is 11.2. The molecule has 24 heavy (non-hydrogen) atoms. The van der Waals surface area contributed by atoms with Crippen molar-refractivity contribution in [3.8, 4) is 0 Å². The predicted molar refractivity (Wildman–Crippen MR) is 111 cm³/mol. The van der Waals surface area contributed by atoms with Crippen LogP contribution in [0, 0.1) is 20.8 Å². The van der Waals surface area contributed by atoms with E-state index < -0.39 is 0 Å². The molecule has 2 aromatic rings. The Morgan fingerprint density at radius 2 is 1.79 bits per heavy atom. The van der Waals surface area contributed by atoms with Crippen LogP contribution in [0.3, 0.4) is 0 Å². The van der Waals surface area contributed by atoms with Gasteiger partial charge in [-0.2, -0.15) is 5.10 Å². The fourth-order valence-electron chi connectivity index (χ4n) is 2.55. The molecule has 0 saturated heterocycles. The van der Waals surface area contributed by atoms with E-state index in [1.807, 2.05) is 18.7 Å². The zero-order chi connectivity index (χ0) is 16.8. The van der Waals surface area contributed by atoms with E-state index in [9.17, 15) is 0 Å². The maximum atomic E-state index is 4.44. The molecular formula is C18H28IN5. The van der Waals surface area contributed by atoms with Crippen LogP contribution in [0.4, 0.5) is 0 Å². The monoisotopic (exact) mass is 441 g/mol. The van der Waals surface area contributed by atoms with Gasteiger partial charge in [0.25, 0.3) is 0 Å². The molecule has 5 nitrogen and oxygen atoms in total. The Balaban J connectivity index is 0.00000288. The lowest BCUT2D eigenvalue weighted by molar-refractivity contribution is 0.728. The van der Waals surface area contributed by atoms with Crippen LogP contribution in [0.15, 0.2) is 29.3 Å². The Bertz CT molecular complexity index is 673. The highest BCUT2D eigenvalue weighted by Gasteiger charge is 2.09. The van der Waals surface area contributed by atoms with Crippen LogP contribution in [0.25, 0.3) is 0 Å². The van der Waals surface area contributed by atoms with Gasteiger partial charge in [0, 0.05) is 38.4 Å². The summed E-state index contributed by atoms with van der Waals surface area (Å²) in [4.78, 5) is 4.28. The van der Waals surface area contributed by atoms with E-state index in [1.54, 1.807) is 7.05 Å². The first-order valence-electron chi connectivity index (χ1n) is 8.00. The number of rotatable bonds is 5. The minimum absolute atomic E-state index is 0. The van der Waals surface area contributed by atoms with Gasteiger partial charge in [-0.15, -0.1) is 24.0 Å². The highest BCUT2D eigenvalue weighted by atomic mass is 127. The summed E-state index contributed by atoms with van der Waals surface area (Å²) in [6, 6.07) is 8.65. The van der Waals surface area contributed by atoms with E-state index in [0.717, 1.165) is 31.2 Å². The number of hydrogen-bond acceptors (Lipinski definition) is 2. The highest BCUT2D eigenvalue weighted by Crippen LogP contribution is 2.11. The van der Waals surface area contributed by atoms with E-state index >= 15 is 0 Å². The van der Waals surface area contributed by atoms with Crippen molar-refractivity contribution in [2.45, 2.75) is 33.7 Å². The molecule has 0 aliphatic heterocycles. The van der Waals surface area contributed by atoms with Crippen molar-refractivity contribution >= 4 is 29.9 Å². The minimum Gasteiger partial charge on any atom is -0.356 e. The number of aryl methyl sites for hydroxylation is 3. The average molecular weight is 441 g/mol. The second-order valence-electron chi connectivity index (χ2n) is 5.86. The van der Waals surface area contributed by atoms with Crippen molar-refractivity contribution in [2.24, 2.45) is 12.0 Å². The molecule has 0 unspecified atom stereocenters. The van der Waals surface area contributed by atoms with Gasteiger partial charge in [-0.3, -0.25) is 9.67 Å². The number of nitrogens with zero attached hydrogens (tertiary/aromatic N) is 3. The number of guanidine groups is 1. The topological polar surface area (TPSA) is 54.2 Å². The van der Waals surface area contributed by atoms with Crippen LogP contribution in [-0.4, -0.2) is 29.3 Å². The molecule has 0 aliphatic rings. The molecule has 1 heterocycles. The number of nitrogens with one attached hydrogen (secondary N) is 2. The molecule has 0 spiro atoms. The molecule has 2 rings (SSSR count). The summed E-state index contributed by atoms with van der Waals surface area (Å²) < 4.78 is 1.92. The number of aliphatic imine (C=N–C) groups is 1. The predicted octanol–water partition coefficient (Wildman–Crippen LogP) is 2.87. The summed E-state index contributed by atoms with van der Waals surface area (Å²) in [6.07, 6.45) is 0.978. The number of halogens is 1. The van der Waals surface area contributed by atoms with E-state index in [-0.39, 0.29) is 24.0 Å². The van der Waals surface area contributed by atoms with Crippen molar-refractivity contribution < 1.29 is 0 Å². The van der Waals surface area contributed by atoms with Gasteiger partial charge in [0.1, 0.15) is 0 Å². The van der Waals surface area contributed by atoms with Crippen LogP contribution in [-0.2, 0) is 20.0 Å². The van der Waals surface area contributed by atoms with Crippen LogP contribution >= 0.6 is 24.0 Å². The van der Waals surface area contributed by atoms with Crippen LogP contribution < -0.4 is 10.6 Å². The van der Waals surface area contributed by atoms with Gasteiger partial charge < -0.3 is 10.6 Å².